The summed E-state index contributed by atoms with van der Waals surface area (Å²) in [5.74, 6) is 2.72. The molecular formula is C17H24N4O2. The number of hydrogen-bond acceptors (Lipinski definition) is 6. The second-order valence-electron chi connectivity index (χ2n) is 5.09. The van der Waals surface area contributed by atoms with E-state index >= 15 is 0 Å². The topological polar surface area (TPSA) is 68.3 Å². The van der Waals surface area contributed by atoms with Gasteiger partial charge in [-0.1, -0.05) is 19.8 Å². The summed E-state index contributed by atoms with van der Waals surface area (Å²) in [6.07, 6.45) is 5.26. The van der Waals surface area contributed by atoms with E-state index in [1.807, 2.05) is 24.3 Å². The Morgan fingerprint density at radius 2 is 1.87 bits per heavy atom. The average molecular weight is 316 g/mol. The summed E-state index contributed by atoms with van der Waals surface area (Å²) in [6.45, 7) is 3.07. The van der Waals surface area contributed by atoms with E-state index in [1.54, 1.807) is 20.4 Å². The van der Waals surface area contributed by atoms with E-state index < -0.39 is 0 Å². The number of methoxy groups -OCH3 is 2. The van der Waals surface area contributed by atoms with Crippen molar-refractivity contribution in [1.82, 2.24) is 9.97 Å². The first-order chi connectivity index (χ1) is 11.3. The Morgan fingerprint density at radius 1 is 1.04 bits per heavy atom. The van der Waals surface area contributed by atoms with E-state index in [1.165, 1.54) is 12.8 Å². The fourth-order valence-corrected chi connectivity index (χ4v) is 2.15. The van der Waals surface area contributed by atoms with E-state index in [0.29, 0.717) is 17.4 Å². The third kappa shape index (κ3) is 5.02. The van der Waals surface area contributed by atoms with E-state index in [-0.39, 0.29) is 0 Å². The van der Waals surface area contributed by atoms with Crippen LogP contribution in [0.15, 0.2) is 30.5 Å². The van der Waals surface area contributed by atoms with Crippen LogP contribution in [0.3, 0.4) is 0 Å². The van der Waals surface area contributed by atoms with Crippen LogP contribution in [0, 0.1) is 0 Å². The molecule has 0 saturated heterocycles. The average Bonchev–Trinajstić information content (AvgIpc) is 2.59. The van der Waals surface area contributed by atoms with Gasteiger partial charge in [-0.3, -0.25) is 0 Å². The molecule has 6 heteroatoms. The molecule has 124 valence electrons. The van der Waals surface area contributed by atoms with Gasteiger partial charge in [-0.15, -0.1) is 0 Å². The molecule has 23 heavy (non-hydrogen) atoms. The van der Waals surface area contributed by atoms with Crippen LogP contribution in [-0.4, -0.2) is 30.7 Å². The molecule has 0 aliphatic rings. The molecule has 1 aromatic carbocycles. The van der Waals surface area contributed by atoms with E-state index in [2.05, 4.69) is 27.5 Å². The van der Waals surface area contributed by atoms with Crippen molar-refractivity contribution in [2.45, 2.75) is 26.2 Å². The summed E-state index contributed by atoms with van der Waals surface area (Å²) in [5.41, 5.74) is 0.873. The van der Waals surface area contributed by atoms with Crippen LogP contribution in [0.25, 0.3) is 0 Å². The van der Waals surface area contributed by atoms with Gasteiger partial charge in [-0.05, 0) is 24.6 Å². The van der Waals surface area contributed by atoms with Gasteiger partial charge in [0.1, 0.15) is 5.82 Å². The Morgan fingerprint density at radius 3 is 2.61 bits per heavy atom. The van der Waals surface area contributed by atoms with Crippen molar-refractivity contribution >= 4 is 17.5 Å². The van der Waals surface area contributed by atoms with Gasteiger partial charge in [0, 0.05) is 24.5 Å². The molecule has 0 amide bonds. The van der Waals surface area contributed by atoms with Crippen LogP contribution in [0.4, 0.5) is 17.5 Å². The molecule has 1 heterocycles. The number of anilines is 3. The fourth-order valence-electron chi connectivity index (χ4n) is 2.15. The third-order valence-corrected chi connectivity index (χ3v) is 3.37. The first-order valence-corrected chi connectivity index (χ1v) is 7.82. The molecule has 0 saturated carbocycles. The van der Waals surface area contributed by atoms with Gasteiger partial charge in [-0.25, -0.2) is 4.98 Å². The molecule has 0 aliphatic carbocycles. The lowest BCUT2D eigenvalue weighted by Crippen LogP contribution is -2.06. The number of nitrogens with zero attached hydrogens (tertiary/aromatic N) is 2. The molecule has 0 unspecified atom stereocenters. The highest BCUT2D eigenvalue weighted by molar-refractivity contribution is 5.61. The van der Waals surface area contributed by atoms with Crippen molar-refractivity contribution in [3.63, 3.8) is 0 Å². The molecule has 0 bridgehead atoms. The number of unbranched alkanes of at least 4 members (excludes halogenated alkanes) is 2. The van der Waals surface area contributed by atoms with Crippen LogP contribution in [0.2, 0.25) is 0 Å². The van der Waals surface area contributed by atoms with Gasteiger partial charge < -0.3 is 20.1 Å². The summed E-state index contributed by atoms with van der Waals surface area (Å²) in [6, 6.07) is 7.47. The zero-order chi connectivity index (χ0) is 16.5. The Labute approximate surface area is 137 Å². The molecule has 2 N–H and O–H groups in total. The lowest BCUT2D eigenvalue weighted by atomic mass is 10.2. The lowest BCUT2D eigenvalue weighted by molar-refractivity contribution is 0.355. The number of nitrogens with one attached hydrogen (secondary N) is 2. The zero-order valence-electron chi connectivity index (χ0n) is 13.9. The SMILES string of the molecule is CCCCCNc1nccc(Nc2ccc(OC)c(OC)c2)n1. The van der Waals surface area contributed by atoms with Gasteiger partial charge >= 0.3 is 0 Å². The number of benzene rings is 1. The van der Waals surface area contributed by atoms with Crippen LogP contribution in [-0.2, 0) is 0 Å². The number of hydrogen-bond donors (Lipinski definition) is 2. The molecule has 0 spiro atoms. The van der Waals surface area contributed by atoms with Gasteiger partial charge in [0.25, 0.3) is 0 Å². The van der Waals surface area contributed by atoms with Crippen molar-refractivity contribution < 1.29 is 9.47 Å². The van der Waals surface area contributed by atoms with Crippen LogP contribution in [0.5, 0.6) is 11.5 Å². The fraction of sp³-hybridized carbons (Fsp3) is 0.412. The van der Waals surface area contributed by atoms with E-state index in [9.17, 15) is 0 Å². The number of rotatable bonds is 9. The molecule has 1 aromatic heterocycles. The molecule has 0 radical (unpaired) electrons. The Kier molecular flexibility index (Phi) is 6.47. The molecule has 0 atom stereocenters. The first kappa shape index (κ1) is 16.9. The smallest absolute Gasteiger partial charge is 0.224 e. The summed E-state index contributed by atoms with van der Waals surface area (Å²) in [4.78, 5) is 8.69. The van der Waals surface area contributed by atoms with E-state index in [0.717, 1.165) is 24.5 Å². The molecule has 0 aliphatic heterocycles. The van der Waals surface area contributed by atoms with Gasteiger partial charge in [0.05, 0.1) is 14.2 Å². The van der Waals surface area contributed by atoms with Crippen molar-refractivity contribution in [1.29, 1.82) is 0 Å². The normalized spacial score (nSPS) is 10.2. The second kappa shape index (κ2) is 8.82. The maximum Gasteiger partial charge on any atom is 0.224 e. The standard InChI is InChI=1S/C17H24N4O2/c1-4-5-6-10-18-17-19-11-9-16(21-17)20-13-7-8-14(22-2)15(12-13)23-3/h7-9,11-12H,4-6,10H2,1-3H3,(H2,18,19,20,21). The van der Waals surface area contributed by atoms with E-state index in [4.69, 9.17) is 9.47 Å². The Bertz CT molecular complexity index is 619. The Hall–Kier alpha value is -2.50. The summed E-state index contributed by atoms with van der Waals surface area (Å²) in [5, 5.41) is 6.48. The first-order valence-electron chi connectivity index (χ1n) is 7.82. The minimum atomic E-state index is 0.631. The molecule has 0 fully saturated rings. The van der Waals surface area contributed by atoms with Crippen LogP contribution in [0.1, 0.15) is 26.2 Å². The molecule has 2 aromatic rings. The quantitative estimate of drug-likeness (QED) is 0.685. The summed E-state index contributed by atoms with van der Waals surface area (Å²) in [7, 11) is 3.23. The van der Waals surface area contributed by atoms with Crippen LogP contribution >= 0.6 is 0 Å². The number of ether oxygens (including phenoxy) is 2. The van der Waals surface area contributed by atoms with Crippen molar-refractivity contribution in [2.75, 3.05) is 31.4 Å². The molecular weight excluding hydrogens is 292 g/mol. The highest BCUT2D eigenvalue weighted by Gasteiger charge is 2.05. The minimum absolute atomic E-state index is 0.631. The highest BCUT2D eigenvalue weighted by Crippen LogP contribution is 2.30. The van der Waals surface area contributed by atoms with Gasteiger partial charge in [0.2, 0.25) is 5.95 Å². The van der Waals surface area contributed by atoms with Crippen molar-refractivity contribution in [3.8, 4) is 11.5 Å². The summed E-state index contributed by atoms with van der Waals surface area (Å²) < 4.78 is 10.5. The lowest BCUT2D eigenvalue weighted by Gasteiger charge is -2.11. The van der Waals surface area contributed by atoms with Crippen molar-refractivity contribution in [2.24, 2.45) is 0 Å². The monoisotopic (exact) mass is 316 g/mol. The molecule has 6 nitrogen and oxygen atoms in total. The second-order valence-corrected chi connectivity index (χ2v) is 5.09. The maximum atomic E-state index is 5.30. The molecule has 2 rings (SSSR count). The predicted octanol–water partition coefficient (Wildman–Crippen LogP) is 3.84. The van der Waals surface area contributed by atoms with Gasteiger partial charge in [0.15, 0.2) is 11.5 Å². The number of aromatic nitrogens is 2. The third-order valence-electron chi connectivity index (χ3n) is 3.37. The maximum absolute atomic E-state index is 5.30. The minimum Gasteiger partial charge on any atom is -0.493 e. The predicted molar refractivity (Wildman–Crippen MR) is 92.9 cm³/mol. The largest absolute Gasteiger partial charge is 0.493 e. The zero-order valence-corrected chi connectivity index (χ0v) is 13.9. The summed E-state index contributed by atoms with van der Waals surface area (Å²) >= 11 is 0. The highest BCUT2D eigenvalue weighted by atomic mass is 16.5. The van der Waals surface area contributed by atoms with Crippen LogP contribution < -0.4 is 20.1 Å². The van der Waals surface area contributed by atoms with Crippen molar-refractivity contribution in [3.05, 3.63) is 30.5 Å². The Balaban J connectivity index is 2.02. The van der Waals surface area contributed by atoms with Gasteiger partial charge in [-0.2, -0.15) is 4.98 Å².